The Kier molecular flexibility index (Phi) is 8.66. The van der Waals surface area contributed by atoms with Gasteiger partial charge in [0.15, 0.2) is 12.4 Å². The van der Waals surface area contributed by atoms with Crippen LogP contribution in [0.4, 0.5) is 0 Å². The van der Waals surface area contributed by atoms with Crippen molar-refractivity contribution in [2.24, 2.45) is 28.1 Å². The highest BCUT2D eigenvalue weighted by molar-refractivity contribution is 5.93. The van der Waals surface area contributed by atoms with Crippen LogP contribution in [-0.2, 0) is 42.9 Å². The maximum atomic E-state index is 14.9. The molecule has 0 aromatic carbocycles. The summed E-state index contributed by atoms with van der Waals surface area (Å²) in [5.41, 5.74) is -5.86. The number of rotatable bonds is 9. The molecular weight excluding hydrogens is 648 g/mol. The molecule has 15 heteroatoms. The van der Waals surface area contributed by atoms with E-state index in [0.717, 1.165) is 0 Å². The van der Waals surface area contributed by atoms with Crippen molar-refractivity contribution in [3.05, 3.63) is 24.2 Å². The van der Waals surface area contributed by atoms with Crippen molar-refractivity contribution >= 4 is 23.7 Å². The third-order valence-electron chi connectivity index (χ3n) is 12.7. The van der Waals surface area contributed by atoms with Gasteiger partial charge in [-0.3, -0.25) is 14.4 Å². The van der Waals surface area contributed by atoms with Crippen molar-refractivity contribution in [1.82, 2.24) is 0 Å². The Balaban J connectivity index is 1.47. The Bertz CT molecular complexity index is 1470. The van der Waals surface area contributed by atoms with Gasteiger partial charge in [-0.1, -0.05) is 13.8 Å². The smallest absolute Gasteiger partial charge is 0.339 e. The van der Waals surface area contributed by atoms with Crippen LogP contribution in [-0.4, -0.2) is 110 Å². The monoisotopic (exact) mass is 694 g/mol. The SMILES string of the molecule is CC(=O)O[C@H](CC(=O)O)[C@@]1(C)[C@H](C(C)(C)O[C@@H]2O[C@H](CO)[C@@H](O)[C@H](O)[C@H]2O)CC(=O)[C@]2(C)[C@H]1CC[C@@]1(C)[C@H](c3ccoc3)OC(=O)[C@@H]3O[C@@]312. The molecule has 0 unspecified atom stereocenters. The van der Waals surface area contributed by atoms with Gasteiger partial charge in [0.05, 0.1) is 36.6 Å². The molecule has 2 saturated carbocycles. The molecule has 0 radical (unpaired) electrons. The third-order valence-corrected chi connectivity index (χ3v) is 12.7. The molecule has 1 spiro atoms. The number of esters is 2. The van der Waals surface area contributed by atoms with Crippen LogP contribution in [0.2, 0.25) is 0 Å². The van der Waals surface area contributed by atoms with Gasteiger partial charge in [0.1, 0.15) is 48.0 Å². The van der Waals surface area contributed by atoms with Crippen LogP contribution in [0.3, 0.4) is 0 Å². The predicted octanol–water partition coefficient (Wildman–Crippen LogP) is 1.03. The van der Waals surface area contributed by atoms with E-state index in [-0.39, 0.29) is 12.2 Å². The number of cyclic esters (lactones) is 1. The molecule has 49 heavy (non-hydrogen) atoms. The predicted molar refractivity (Wildman–Crippen MR) is 162 cm³/mol. The molecule has 6 rings (SSSR count). The number of carbonyl (C=O) groups is 4. The molecule has 3 saturated heterocycles. The molecule has 14 atom stereocenters. The summed E-state index contributed by atoms with van der Waals surface area (Å²) >= 11 is 0. The lowest BCUT2D eigenvalue weighted by molar-refractivity contribution is -0.338. The number of Topliss-reactive ketones (excluding diaryl/α,β-unsaturated/α-hetero) is 1. The minimum atomic E-state index is -1.75. The largest absolute Gasteiger partial charge is 0.481 e. The van der Waals surface area contributed by atoms with Gasteiger partial charge in [-0.15, -0.1) is 0 Å². The van der Waals surface area contributed by atoms with Gasteiger partial charge in [-0.2, -0.15) is 0 Å². The van der Waals surface area contributed by atoms with E-state index in [2.05, 4.69) is 0 Å². The van der Waals surface area contributed by atoms with Crippen molar-refractivity contribution in [1.29, 1.82) is 0 Å². The van der Waals surface area contributed by atoms with E-state index in [1.807, 2.05) is 6.92 Å². The van der Waals surface area contributed by atoms with E-state index in [9.17, 15) is 44.7 Å². The molecule has 3 aliphatic heterocycles. The second kappa shape index (κ2) is 11.8. The number of hydrogen-bond acceptors (Lipinski definition) is 14. The average Bonchev–Trinajstić information content (AvgIpc) is 3.59. The number of hydrogen-bond donors (Lipinski definition) is 5. The van der Waals surface area contributed by atoms with E-state index in [0.29, 0.717) is 18.4 Å². The van der Waals surface area contributed by atoms with Gasteiger partial charge in [-0.25, -0.2) is 4.79 Å². The van der Waals surface area contributed by atoms with Crippen LogP contribution in [0, 0.1) is 28.1 Å². The summed E-state index contributed by atoms with van der Waals surface area (Å²) in [6, 6.07) is 1.69. The fraction of sp³-hybridized carbons (Fsp3) is 0.765. The molecule has 5 fully saturated rings. The van der Waals surface area contributed by atoms with E-state index >= 15 is 0 Å². The summed E-state index contributed by atoms with van der Waals surface area (Å²) in [6.45, 7) is 9.13. The minimum Gasteiger partial charge on any atom is -0.481 e. The molecule has 272 valence electrons. The first-order chi connectivity index (χ1) is 22.8. The van der Waals surface area contributed by atoms with E-state index in [4.69, 9.17) is 28.1 Å². The number of epoxide rings is 1. The topological polar surface area (TPSA) is 232 Å². The summed E-state index contributed by atoms with van der Waals surface area (Å²) in [4.78, 5) is 53.4. The van der Waals surface area contributed by atoms with Gasteiger partial charge < -0.3 is 53.6 Å². The van der Waals surface area contributed by atoms with Gasteiger partial charge in [0, 0.05) is 35.7 Å². The van der Waals surface area contributed by atoms with Crippen molar-refractivity contribution in [2.75, 3.05) is 6.61 Å². The summed E-state index contributed by atoms with van der Waals surface area (Å²) in [5, 5.41) is 51.5. The van der Waals surface area contributed by atoms with E-state index < -0.39 is 119 Å². The van der Waals surface area contributed by atoms with Crippen LogP contribution in [0.25, 0.3) is 0 Å². The van der Waals surface area contributed by atoms with Gasteiger partial charge in [-0.05, 0) is 45.6 Å². The summed E-state index contributed by atoms with van der Waals surface area (Å²) < 4.78 is 35.5. The van der Waals surface area contributed by atoms with Crippen molar-refractivity contribution in [2.45, 2.75) is 127 Å². The number of furan rings is 1. The Morgan fingerprint density at radius 2 is 1.78 bits per heavy atom. The summed E-state index contributed by atoms with van der Waals surface area (Å²) in [5.74, 6) is -4.54. The molecule has 15 nitrogen and oxygen atoms in total. The molecule has 0 amide bonds. The molecule has 5 aliphatic rings. The minimum absolute atomic E-state index is 0.245. The standard InChI is InChI=1S/C34H46O15/c1-15(36)45-21(12-22(38)39)32(5)18-7-9-31(4)26(16-8-10-44-14-16)47-28(43)27-34(31,48-27)33(18,6)20(37)11-19(32)30(2,3)49-29-25(42)24(41)23(40)17(13-35)46-29/h8,10,14,17-19,21,23-27,29,35,40-42H,7,9,11-13H2,1-6H3,(H,38,39)/t17-,18+,19+,21-,23-,24+,25-,26+,27+,29+,31+,32-,33+,34+/m1/s1. The zero-order chi connectivity index (χ0) is 36.1. The molecular formula is C34H46O15. The van der Waals surface area contributed by atoms with Crippen LogP contribution in [0.1, 0.15) is 78.9 Å². The first-order valence-corrected chi connectivity index (χ1v) is 16.6. The van der Waals surface area contributed by atoms with Crippen molar-refractivity contribution in [3.63, 3.8) is 0 Å². The number of aliphatic hydroxyl groups is 4. The van der Waals surface area contributed by atoms with E-state index in [1.165, 1.54) is 19.5 Å². The fourth-order valence-corrected chi connectivity index (χ4v) is 10.4. The highest BCUT2D eigenvalue weighted by Crippen LogP contribution is 2.78. The van der Waals surface area contributed by atoms with E-state index in [1.54, 1.807) is 33.8 Å². The number of aliphatic hydroxyl groups excluding tert-OH is 4. The number of ether oxygens (including phenoxy) is 5. The maximum Gasteiger partial charge on any atom is 0.339 e. The molecule has 2 aliphatic carbocycles. The van der Waals surface area contributed by atoms with Crippen LogP contribution >= 0.6 is 0 Å². The number of ketones is 1. The molecule has 1 aromatic heterocycles. The molecule has 0 bridgehead atoms. The second-order valence-corrected chi connectivity index (χ2v) is 15.5. The van der Waals surface area contributed by atoms with Crippen molar-refractivity contribution in [3.8, 4) is 0 Å². The highest BCUT2D eigenvalue weighted by atomic mass is 16.7. The third kappa shape index (κ3) is 4.94. The lowest BCUT2D eigenvalue weighted by Gasteiger charge is -2.67. The average molecular weight is 695 g/mol. The molecule has 4 heterocycles. The normalized spacial score (nSPS) is 45.3. The highest BCUT2D eigenvalue weighted by Gasteiger charge is 2.88. The van der Waals surface area contributed by atoms with Crippen LogP contribution < -0.4 is 0 Å². The summed E-state index contributed by atoms with van der Waals surface area (Å²) in [7, 11) is 0. The second-order valence-electron chi connectivity index (χ2n) is 15.5. The number of carbonyl (C=O) groups excluding carboxylic acids is 3. The van der Waals surface area contributed by atoms with Gasteiger partial charge >= 0.3 is 17.9 Å². The number of carboxylic acids is 1. The zero-order valence-electron chi connectivity index (χ0n) is 28.4. The number of fused-ring (bicyclic) bond motifs is 1. The Morgan fingerprint density at radius 3 is 2.37 bits per heavy atom. The number of carboxylic acid groups (broad SMARTS) is 1. The Labute approximate surface area is 282 Å². The van der Waals surface area contributed by atoms with Crippen LogP contribution in [0.15, 0.2) is 23.0 Å². The lowest BCUT2D eigenvalue weighted by Crippen LogP contribution is -2.73. The molecule has 1 aromatic rings. The summed E-state index contributed by atoms with van der Waals surface area (Å²) in [6.07, 6.45) is -8.35. The van der Waals surface area contributed by atoms with Crippen molar-refractivity contribution < 1.29 is 72.8 Å². The Hall–Kier alpha value is -2.92. The fourth-order valence-electron chi connectivity index (χ4n) is 10.4. The van der Waals surface area contributed by atoms with Crippen LogP contribution in [0.5, 0.6) is 0 Å². The first kappa shape index (κ1) is 35.9. The quantitative estimate of drug-likeness (QED) is 0.180. The zero-order valence-corrected chi connectivity index (χ0v) is 28.4. The Morgan fingerprint density at radius 1 is 1.08 bits per heavy atom. The lowest BCUT2D eigenvalue weighted by atomic mass is 9.37. The maximum absolute atomic E-state index is 14.9. The van der Waals surface area contributed by atoms with Gasteiger partial charge in [0.25, 0.3) is 0 Å². The van der Waals surface area contributed by atoms with Gasteiger partial charge in [0.2, 0.25) is 0 Å². The first-order valence-electron chi connectivity index (χ1n) is 16.6. The molecule has 5 N–H and O–H groups in total. The number of aliphatic carboxylic acids is 1.